The third kappa shape index (κ3) is 2.59. The van der Waals surface area contributed by atoms with Crippen LogP contribution >= 0.6 is 0 Å². The largest absolute Gasteiger partial charge is 0.399 e. The summed E-state index contributed by atoms with van der Waals surface area (Å²) in [6, 6.07) is 5.27. The Labute approximate surface area is 118 Å². The van der Waals surface area contributed by atoms with Crippen LogP contribution in [0.25, 0.3) is 0 Å². The van der Waals surface area contributed by atoms with E-state index in [1.54, 1.807) is 12.1 Å². The molecule has 106 valence electrons. The van der Waals surface area contributed by atoms with Crippen molar-refractivity contribution in [1.82, 2.24) is 10.2 Å². The van der Waals surface area contributed by atoms with Gasteiger partial charge in [-0.2, -0.15) is 5.10 Å². The number of carbonyl (C=O) groups excluding carboxylic acids is 1. The highest BCUT2D eigenvalue weighted by atomic mass is 16.1. The second-order valence-corrected chi connectivity index (χ2v) is 4.95. The van der Waals surface area contributed by atoms with E-state index in [2.05, 4.69) is 15.5 Å². The molecule has 1 heterocycles. The highest BCUT2D eigenvalue weighted by Crippen LogP contribution is 2.23. The zero-order chi connectivity index (χ0) is 14.9. The van der Waals surface area contributed by atoms with Gasteiger partial charge in [-0.1, -0.05) is 0 Å². The SMILES string of the molecule is Cc1[nH]nc(NC(=O)c2cc(N)ccc2N(C)C)c1C. The minimum Gasteiger partial charge on any atom is -0.399 e. The summed E-state index contributed by atoms with van der Waals surface area (Å²) in [6.45, 7) is 3.81. The molecule has 1 aromatic carbocycles. The fourth-order valence-electron chi connectivity index (χ4n) is 1.91. The number of anilines is 3. The van der Waals surface area contributed by atoms with Crippen LogP contribution in [0.15, 0.2) is 18.2 Å². The molecule has 0 aliphatic carbocycles. The van der Waals surface area contributed by atoms with Crippen LogP contribution in [0.5, 0.6) is 0 Å². The van der Waals surface area contributed by atoms with Crippen LogP contribution in [0, 0.1) is 13.8 Å². The van der Waals surface area contributed by atoms with Crippen molar-refractivity contribution in [2.45, 2.75) is 13.8 Å². The van der Waals surface area contributed by atoms with E-state index in [4.69, 9.17) is 5.73 Å². The monoisotopic (exact) mass is 273 g/mol. The zero-order valence-electron chi connectivity index (χ0n) is 12.1. The first kappa shape index (κ1) is 13.9. The molecule has 0 radical (unpaired) electrons. The molecule has 0 atom stereocenters. The Bertz CT molecular complexity index is 645. The molecule has 2 rings (SSSR count). The summed E-state index contributed by atoms with van der Waals surface area (Å²) in [4.78, 5) is 14.3. The van der Waals surface area contributed by atoms with Crippen LogP contribution in [0.4, 0.5) is 17.2 Å². The number of nitrogens with zero attached hydrogens (tertiary/aromatic N) is 2. The van der Waals surface area contributed by atoms with E-state index in [9.17, 15) is 4.79 Å². The van der Waals surface area contributed by atoms with E-state index in [1.807, 2.05) is 38.9 Å². The maximum absolute atomic E-state index is 12.4. The van der Waals surface area contributed by atoms with Crippen molar-refractivity contribution >= 4 is 23.1 Å². The third-order valence-electron chi connectivity index (χ3n) is 3.23. The molecule has 0 saturated carbocycles. The van der Waals surface area contributed by atoms with Crippen LogP contribution in [-0.2, 0) is 0 Å². The molecule has 20 heavy (non-hydrogen) atoms. The van der Waals surface area contributed by atoms with Crippen LogP contribution in [0.3, 0.4) is 0 Å². The minimum absolute atomic E-state index is 0.226. The van der Waals surface area contributed by atoms with Crippen LogP contribution in [-0.4, -0.2) is 30.2 Å². The van der Waals surface area contributed by atoms with E-state index < -0.39 is 0 Å². The Morgan fingerprint density at radius 1 is 1.35 bits per heavy atom. The van der Waals surface area contributed by atoms with E-state index in [0.29, 0.717) is 17.1 Å². The van der Waals surface area contributed by atoms with Crippen molar-refractivity contribution in [3.05, 3.63) is 35.0 Å². The van der Waals surface area contributed by atoms with Gasteiger partial charge in [0.05, 0.1) is 5.56 Å². The zero-order valence-corrected chi connectivity index (χ0v) is 12.1. The Balaban J connectivity index is 2.34. The number of hydrogen-bond acceptors (Lipinski definition) is 4. The van der Waals surface area contributed by atoms with E-state index in [0.717, 1.165) is 16.9 Å². The number of carbonyl (C=O) groups is 1. The van der Waals surface area contributed by atoms with Crippen LogP contribution in [0.2, 0.25) is 0 Å². The molecule has 0 bridgehead atoms. The van der Waals surface area contributed by atoms with Gasteiger partial charge in [0.2, 0.25) is 0 Å². The second kappa shape index (κ2) is 5.24. The van der Waals surface area contributed by atoms with Crippen molar-refractivity contribution in [2.75, 3.05) is 30.0 Å². The van der Waals surface area contributed by atoms with Gasteiger partial charge in [0, 0.05) is 36.7 Å². The van der Waals surface area contributed by atoms with Gasteiger partial charge >= 0.3 is 0 Å². The Morgan fingerprint density at radius 2 is 2.05 bits per heavy atom. The number of hydrogen-bond donors (Lipinski definition) is 3. The lowest BCUT2D eigenvalue weighted by atomic mass is 10.1. The first-order valence-electron chi connectivity index (χ1n) is 6.30. The molecular formula is C14H19N5O. The molecule has 6 heteroatoms. The lowest BCUT2D eigenvalue weighted by Crippen LogP contribution is -2.19. The summed E-state index contributed by atoms with van der Waals surface area (Å²) in [5, 5.41) is 9.72. The van der Waals surface area contributed by atoms with Gasteiger partial charge < -0.3 is 16.0 Å². The van der Waals surface area contributed by atoms with Crippen molar-refractivity contribution in [1.29, 1.82) is 0 Å². The van der Waals surface area contributed by atoms with Crippen LogP contribution < -0.4 is 16.0 Å². The minimum atomic E-state index is -0.226. The predicted molar refractivity (Wildman–Crippen MR) is 81.2 cm³/mol. The summed E-state index contributed by atoms with van der Waals surface area (Å²) >= 11 is 0. The van der Waals surface area contributed by atoms with Gasteiger partial charge in [-0.15, -0.1) is 0 Å². The van der Waals surface area contributed by atoms with Gasteiger partial charge in [-0.25, -0.2) is 0 Å². The van der Waals surface area contributed by atoms with Crippen molar-refractivity contribution in [2.24, 2.45) is 0 Å². The fourth-order valence-corrected chi connectivity index (χ4v) is 1.91. The standard InChI is InChI=1S/C14H19N5O/c1-8-9(2)17-18-13(8)16-14(20)11-7-10(15)5-6-12(11)19(3)4/h5-7H,15H2,1-4H3,(H2,16,17,18,20). The van der Waals surface area contributed by atoms with Gasteiger partial charge in [0.25, 0.3) is 5.91 Å². The van der Waals surface area contributed by atoms with E-state index in [1.165, 1.54) is 0 Å². The quantitative estimate of drug-likeness (QED) is 0.746. The number of amides is 1. The normalized spacial score (nSPS) is 10.4. The summed E-state index contributed by atoms with van der Waals surface area (Å²) in [6.07, 6.45) is 0. The number of aromatic amines is 1. The van der Waals surface area contributed by atoms with Gasteiger partial charge in [-0.3, -0.25) is 9.89 Å². The first-order valence-corrected chi connectivity index (χ1v) is 6.30. The number of nitrogen functional groups attached to an aromatic ring is 1. The molecule has 2 aromatic rings. The molecule has 0 spiro atoms. The lowest BCUT2D eigenvalue weighted by molar-refractivity contribution is 0.102. The molecule has 1 aromatic heterocycles. The summed E-state index contributed by atoms with van der Waals surface area (Å²) in [7, 11) is 3.76. The number of nitrogens with one attached hydrogen (secondary N) is 2. The average Bonchev–Trinajstić information content (AvgIpc) is 2.70. The number of benzene rings is 1. The molecule has 0 aliphatic heterocycles. The maximum atomic E-state index is 12.4. The Morgan fingerprint density at radius 3 is 2.60 bits per heavy atom. The lowest BCUT2D eigenvalue weighted by Gasteiger charge is -2.17. The van der Waals surface area contributed by atoms with Crippen molar-refractivity contribution in [3.63, 3.8) is 0 Å². The first-order chi connectivity index (χ1) is 9.40. The summed E-state index contributed by atoms with van der Waals surface area (Å²) in [5.74, 6) is 0.315. The summed E-state index contributed by atoms with van der Waals surface area (Å²) in [5.41, 5.74) is 9.51. The predicted octanol–water partition coefficient (Wildman–Crippen LogP) is 1.93. The van der Waals surface area contributed by atoms with E-state index >= 15 is 0 Å². The van der Waals surface area contributed by atoms with Gasteiger partial charge in [-0.05, 0) is 32.0 Å². The number of H-pyrrole nitrogens is 1. The van der Waals surface area contributed by atoms with E-state index in [-0.39, 0.29) is 5.91 Å². The average molecular weight is 273 g/mol. The highest BCUT2D eigenvalue weighted by Gasteiger charge is 2.16. The fraction of sp³-hybridized carbons (Fsp3) is 0.286. The van der Waals surface area contributed by atoms with Crippen molar-refractivity contribution < 1.29 is 4.79 Å². The van der Waals surface area contributed by atoms with Gasteiger partial charge in [0.15, 0.2) is 5.82 Å². The number of rotatable bonds is 3. The molecule has 0 fully saturated rings. The Kier molecular flexibility index (Phi) is 3.65. The Hall–Kier alpha value is -2.50. The van der Waals surface area contributed by atoms with Crippen molar-refractivity contribution in [3.8, 4) is 0 Å². The third-order valence-corrected chi connectivity index (χ3v) is 3.23. The maximum Gasteiger partial charge on any atom is 0.259 e. The molecule has 0 aliphatic rings. The topological polar surface area (TPSA) is 87.0 Å². The molecule has 0 unspecified atom stereocenters. The molecule has 6 nitrogen and oxygen atoms in total. The number of aryl methyl sites for hydroxylation is 1. The number of nitrogens with two attached hydrogens (primary N) is 1. The highest BCUT2D eigenvalue weighted by molar-refractivity contribution is 6.08. The second-order valence-electron chi connectivity index (χ2n) is 4.95. The molecular weight excluding hydrogens is 254 g/mol. The smallest absolute Gasteiger partial charge is 0.259 e. The molecule has 0 saturated heterocycles. The molecule has 1 amide bonds. The summed E-state index contributed by atoms with van der Waals surface area (Å²) < 4.78 is 0. The van der Waals surface area contributed by atoms with Crippen LogP contribution in [0.1, 0.15) is 21.6 Å². The van der Waals surface area contributed by atoms with Gasteiger partial charge in [0.1, 0.15) is 0 Å². The molecule has 4 N–H and O–H groups in total. The number of aromatic nitrogens is 2.